The first kappa shape index (κ1) is 35.2. The second-order valence-electron chi connectivity index (χ2n) is 13.1. The average Bonchev–Trinajstić information content (AvgIpc) is 3.05. The molecule has 1 fully saturated rings. The summed E-state index contributed by atoms with van der Waals surface area (Å²) in [6, 6.07) is 12.5. The van der Waals surface area contributed by atoms with Crippen LogP contribution in [0.25, 0.3) is 22.0 Å². The Balaban J connectivity index is 1.40. The highest BCUT2D eigenvalue weighted by Crippen LogP contribution is 2.43. The summed E-state index contributed by atoms with van der Waals surface area (Å²) in [6.45, 7) is 8.39. The van der Waals surface area contributed by atoms with Gasteiger partial charge in [0.1, 0.15) is 16.5 Å². The molecule has 0 spiro atoms. The van der Waals surface area contributed by atoms with Gasteiger partial charge in [0.15, 0.2) is 0 Å². The highest BCUT2D eigenvalue weighted by Gasteiger charge is 2.46. The third-order valence-electron chi connectivity index (χ3n) is 9.25. The number of hydrogen-bond donors (Lipinski definition) is 3. The third-order valence-corrected chi connectivity index (χ3v) is 11.0. The van der Waals surface area contributed by atoms with Crippen molar-refractivity contribution >= 4 is 50.3 Å². The summed E-state index contributed by atoms with van der Waals surface area (Å²) in [6.07, 6.45) is 5.11. The van der Waals surface area contributed by atoms with E-state index in [9.17, 15) is 13.2 Å². The van der Waals surface area contributed by atoms with Crippen molar-refractivity contribution in [3.8, 4) is 16.9 Å². The molecule has 0 unspecified atom stereocenters. The number of methoxy groups -OCH3 is 2. The summed E-state index contributed by atoms with van der Waals surface area (Å²) >= 11 is 6.12. The van der Waals surface area contributed by atoms with Crippen molar-refractivity contribution in [2.45, 2.75) is 76.3 Å². The van der Waals surface area contributed by atoms with E-state index in [0.717, 1.165) is 48.2 Å². The number of benzene rings is 3. The molecule has 1 aliphatic carbocycles. The summed E-state index contributed by atoms with van der Waals surface area (Å²) < 4.78 is 54.7. The molecule has 1 aromatic heterocycles. The number of aryl methyl sites for hydroxylation is 1. The number of nitrogens with one attached hydrogen (secondary N) is 3. The maximum absolute atomic E-state index is 15.5. The summed E-state index contributed by atoms with van der Waals surface area (Å²) in [5, 5.41) is 7.52. The Morgan fingerprint density at radius 3 is 2.44 bits per heavy atom. The summed E-state index contributed by atoms with van der Waals surface area (Å²) in [5.41, 5.74) is 2.27. The van der Waals surface area contributed by atoms with Gasteiger partial charge in [-0.2, -0.15) is 0 Å². The van der Waals surface area contributed by atoms with Crippen LogP contribution >= 0.6 is 11.6 Å². The zero-order valence-electron chi connectivity index (χ0n) is 27.9. The van der Waals surface area contributed by atoms with Crippen LogP contribution in [0.2, 0.25) is 5.02 Å². The number of rotatable bonds is 9. The number of halogens is 2. The predicted octanol–water partition coefficient (Wildman–Crippen LogP) is 7.96. The second-order valence-corrected chi connectivity index (χ2v) is 15.1. The van der Waals surface area contributed by atoms with Crippen LogP contribution in [0.15, 0.2) is 59.6 Å². The van der Waals surface area contributed by atoms with Gasteiger partial charge in [0, 0.05) is 34.8 Å². The molecular weight excluding hydrogens is 657 g/mol. The van der Waals surface area contributed by atoms with Crippen molar-refractivity contribution in [3.05, 3.63) is 71.1 Å². The lowest BCUT2D eigenvalue weighted by molar-refractivity contribution is 0.0743. The first-order valence-corrected chi connectivity index (χ1v) is 17.6. The van der Waals surface area contributed by atoms with Gasteiger partial charge >= 0.3 is 6.09 Å². The average molecular weight is 698 g/mol. The standard InChI is InChI=1S/C35H41ClFN5O5S/c1-7-21-16-22(25-18-27(37)30(19-29(25)46-5)48(44,45)42-28-11-9-8-10-26(28)36)17-23-20-38-32(40-31(21)23)39-24-12-14-35(15-13-24,34(2,3)4)41-33(43)47-6/h8-11,16-20,24,42H,7,12-15H2,1-6H3,(H,41,43)(H,38,39,40). The molecule has 256 valence electrons. The number of ether oxygens (including phenoxy) is 2. The molecular formula is C35H41ClFN5O5S. The van der Waals surface area contributed by atoms with E-state index in [1.54, 1.807) is 18.3 Å². The Kier molecular flexibility index (Phi) is 10.1. The lowest BCUT2D eigenvalue weighted by atomic mass is 9.64. The number of amides is 1. The van der Waals surface area contributed by atoms with Crippen molar-refractivity contribution in [1.29, 1.82) is 0 Å². The van der Waals surface area contributed by atoms with Crippen LogP contribution in [0.3, 0.4) is 0 Å². The van der Waals surface area contributed by atoms with Crippen LogP contribution in [0.1, 0.15) is 58.9 Å². The number of aromatic nitrogens is 2. The minimum atomic E-state index is -4.32. The largest absolute Gasteiger partial charge is 0.496 e. The van der Waals surface area contributed by atoms with E-state index in [4.69, 9.17) is 26.1 Å². The molecule has 0 saturated heterocycles. The fourth-order valence-corrected chi connectivity index (χ4v) is 7.73. The van der Waals surface area contributed by atoms with Gasteiger partial charge in [-0.15, -0.1) is 0 Å². The van der Waals surface area contributed by atoms with Crippen molar-refractivity contribution in [2.24, 2.45) is 5.41 Å². The molecule has 1 aliphatic rings. The van der Waals surface area contributed by atoms with Gasteiger partial charge < -0.3 is 20.1 Å². The van der Waals surface area contributed by atoms with Crippen LogP contribution in [-0.2, 0) is 21.2 Å². The Labute approximate surface area is 285 Å². The van der Waals surface area contributed by atoms with E-state index in [-0.39, 0.29) is 33.5 Å². The van der Waals surface area contributed by atoms with Crippen LogP contribution in [0.5, 0.6) is 5.75 Å². The molecule has 1 heterocycles. The smallest absolute Gasteiger partial charge is 0.407 e. The predicted molar refractivity (Wildman–Crippen MR) is 187 cm³/mol. The van der Waals surface area contributed by atoms with Gasteiger partial charge in [-0.3, -0.25) is 4.72 Å². The SMILES string of the molecule is CCc1cc(-c2cc(F)c(S(=O)(=O)Nc3ccccc3Cl)cc2OC)cc2cnc(NC3CCC(NC(=O)OC)(C(C)(C)C)CC3)nc12. The van der Waals surface area contributed by atoms with Crippen LogP contribution < -0.4 is 20.1 Å². The normalized spacial score (nSPS) is 18.3. The highest BCUT2D eigenvalue weighted by molar-refractivity contribution is 7.92. The number of sulfonamides is 1. The fourth-order valence-electron chi connectivity index (χ4n) is 6.34. The van der Waals surface area contributed by atoms with Crippen molar-refractivity contribution in [3.63, 3.8) is 0 Å². The molecule has 3 aromatic carbocycles. The minimum Gasteiger partial charge on any atom is -0.496 e. The molecule has 0 radical (unpaired) electrons. The maximum atomic E-state index is 15.5. The summed E-state index contributed by atoms with van der Waals surface area (Å²) in [4.78, 5) is 21.0. The van der Waals surface area contributed by atoms with E-state index in [1.807, 2.05) is 19.1 Å². The van der Waals surface area contributed by atoms with Crippen molar-refractivity contribution in [2.75, 3.05) is 24.3 Å². The van der Waals surface area contributed by atoms with Gasteiger partial charge in [0.2, 0.25) is 5.95 Å². The number of para-hydroxylation sites is 1. The van der Waals surface area contributed by atoms with Crippen molar-refractivity contribution < 1.29 is 27.1 Å². The summed E-state index contributed by atoms with van der Waals surface area (Å²) in [5.74, 6) is -0.255. The highest BCUT2D eigenvalue weighted by atomic mass is 35.5. The van der Waals surface area contributed by atoms with E-state index in [0.29, 0.717) is 23.5 Å². The van der Waals surface area contributed by atoms with E-state index in [2.05, 4.69) is 41.1 Å². The maximum Gasteiger partial charge on any atom is 0.407 e. The topological polar surface area (TPSA) is 132 Å². The zero-order chi connectivity index (χ0) is 34.9. The zero-order valence-corrected chi connectivity index (χ0v) is 29.5. The second kappa shape index (κ2) is 13.8. The van der Waals surface area contributed by atoms with Gasteiger partial charge in [-0.25, -0.2) is 27.6 Å². The van der Waals surface area contributed by atoms with E-state index < -0.39 is 26.8 Å². The van der Waals surface area contributed by atoms with Crippen LogP contribution in [0.4, 0.5) is 20.8 Å². The lowest BCUT2D eigenvalue weighted by Crippen LogP contribution is -2.59. The van der Waals surface area contributed by atoms with Gasteiger partial charge in [-0.1, -0.05) is 51.4 Å². The lowest BCUT2D eigenvalue weighted by Gasteiger charge is -2.49. The molecule has 0 bridgehead atoms. The molecule has 5 rings (SSSR count). The van der Waals surface area contributed by atoms with Crippen LogP contribution in [-0.4, -0.2) is 50.3 Å². The summed E-state index contributed by atoms with van der Waals surface area (Å²) in [7, 11) is -1.54. The van der Waals surface area contributed by atoms with Gasteiger partial charge in [0.05, 0.1) is 30.4 Å². The monoisotopic (exact) mass is 697 g/mol. The molecule has 10 nitrogen and oxygen atoms in total. The Bertz CT molecular complexity index is 1940. The number of nitrogens with zero attached hydrogens (tertiary/aromatic N) is 2. The third kappa shape index (κ3) is 7.14. The van der Waals surface area contributed by atoms with E-state index >= 15 is 4.39 Å². The number of carbonyl (C=O) groups excluding carboxylic acids is 1. The number of alkyl carbamates (subject to hydrolysis) is 1. The number of anilines is 2. The molecule has 13 heteroatoms. The molecule has 0 aliphatic heterocycles. The molecule has 48 heavy (non-hydrogen) atoms. The Morgan fingerprint density at radius 2 is 1.81 bits per heavy atom. The fraction of sp³-hybridized carbons (Fsp3) is 0.400. The van der Waals surface area contributed by atoms with Gasteiger partial charge in [-0.05, 0) is 79.0 Å². The van der Waals surface area contributed by atoms with E-state index in [1.165, 1.54) is 32.4 Å². The first-order valence-electron chi connectivity index (χ1n) is 15.8. The van der Waals surface area contributed by atoms with Crippen LogP contribution in [0, 0.1) is 11.2 Å². The minimum absolute atomic E-state index is 0.121. The molecule has 3 N–H and O–H groups in total. The Morgan fingerprint density at radius 1 is 1.10 bits per heavy atom. The first-order chi connectivity index (χ1) is 22.7. The number of carbonyl (C=O) groups is 1. The van der Waals surface area contributed by atoms with Gasteiger partial charge in [0.25, 0.3) is 10.0 Å². The number of fused-ring (bicyclic) bond motifs is 1. The van der Waals surface area contributed by atoms with Crippen molar-refractivity contribution in [1.82, 2.24) is 15.3 Å². The quantitative estimate of drug-likeness (QED) is 0.161. The molecule has 1 amide bonds. The molecule has 1 saturated carbocycles. The Hall–Kier alpha value is -4.16. The molecule has 0 atom stereocenters. The number of hydrogen-bond acceptors (Lipinski definition) is 8. The molecule has 4 aromatic rings.